The van der Waals surface area contributed by atoms with Crippen molar-refractivity contribution in [2.24, 2.45) is 5.73 Å². The van der Waals surface area contributed by atoms with Gasteiger partial charge in [0.05, 0.1) is 5.56 Å². The van der Waals surface area contributed by atoms with Crippen LogP contribution in [0, 0.1) is 0 Å². The summed E-state index contributed by atoms with van der Waals surface area (Å²) in [5.41, 5.74) is 6.79. The number of benzene rings is 2. The van der Waals surface area contributed by atoms with Crippen molar-refractivity contribution in [3.05, 3.63) is 59.7 Å². The number of nitrogens with two attached hydrogens (primary N) is 1. The molecule has 2 N–H and O–H groups in total. The molecule has 0 saturated heterocycles. The average molecular weight is 384 g/mol. The zero-order valence-electron chi connectivity index (χ0n) is 12.9. The van der Waals surface area contributed by atoms with Crippen LogP contribution in [0.1, 0.15) is 30.0 Å². The molecule has 0 saturated carbocycles. The first-order valence-electron chi connectivity index (χ1n) is 7.16. The van der Waals surface area contributed by atoms with E-state index in [-0.39, 0.29) is 18.8 Å². The molecule has 0 amide bonds. The van der Waals surface area contributed by atoms with Gasteiger partial charge in [0.2, 0.25) is 0 Å². The lowest BCUT2D eigenvalue weighted by Crippen LogP contribution is -2.15. The van der Waals surface area contributed by atoms with Gasteiger partial charge in [0, 0.05) is 12.5 Å². The van der Waals surface area contributed by atoms with E-state index in [0.717, 1.165) is 12.1 Å². The summed E-state index contributed by atoms with van der Waals surface area (Å²) in [6.07, 6.45) is -9.83. The van der Waals surface area contributed by atoms with E-state index in [9.17, 15) is 26.3 Å². The highest BCUT2D eigenvalue weighted by atomic mass is 35.5. The van der Waals surface area contributed by atoms with Gasteiger partial charge in [-0.15, -0.1) is 12.4 Å². The Morgan fingerprint density at radius 2 is 1.20 bits per heavy atom. The Morgan fingerprint density at radius 1 is 0.760 bits per heavy atom. The molecule has 1 atom stereocenters. The molecule has 0 unspecified atom stereocenters. The minimum absolute atomic E-state index is 0. The Balaban J connectivity index is 0.00000312. The van der Waals surface area contributed by atoms with Crippen LogP contribution in [-0.2, 0) is 6.18 Å². The molecule has 25 heavy (non-hydrogen) atoms. The zero-order chi connectivity index (χ0) is 18.0. The van der Waals surface area contributed by atoms with E-state index in [1.165, 1.54) is 12.1 Å². The number of rotatable bonds is 4. The second-order valence-electron chi connectivity index (χ2n) is 5.46. The van der Waals surface area contributed by atoms with E-state index in [0.29, 0.717) is 16.7 Å². The van der Waals surface area contributed by atoms with Crippen molar-refractivity contribution in [1.29, 1.82) is 0 Å². The van der Waals surface area contributed by atoms with Gasteiger partial charge in [-0.25, -0.2) is 0 Å². The molecule has 2 aromatic carbocycles. The van der Waals surface area contributed by atoms with E-state index in [2.05, 4.69) is 0 Å². The van der Waals surface area contributed by atoms with Crippen LogP contribution in [0.4, 0.5) is 26.3 Å². The van der Waals surface area contributed by atoms with Crippen LogP contribution >= 0.6 is 12.4 Å². The minimum atomic E-state index is -4.40. The molecular formula is C17H16ClF6N. The smallest absolute Gasteiger partial charge is 0.324 e. The van der Waals surface area contributed by atoms with Crippen LogP contribution in [0.15, 0.2) is 48.5 Å². The van der Waals surface area contributed by atoms with Crippen LogP contribution in [0.3, 0.4) is 0 Å². The van der Waals surface area contributed by atoms with Crippen molar-refractivity contribution < 1.29 is 26.3 Å². The second-order valence-corrected chi connectivity index (χ2v) is 5.46. The molecule has 0 aliphatic heterocycles. The fourth-order valence-corrected chi connectivity index (χ4v) is 2.26. The monoisotopic (exact) mass is 383 g/mol. The van der Waals surface area contributed by atoms with Crippen LogP contribution in [-0.4, -0.2) is 6.18 Å². The van der Waals surface area contributed by atoms with Gasteiger partial charge in [0.1, 0.15) is 0 Å². The minimum Gasteiger partial charge on any atom is -0.324 e. The average Bonchev–Trinajstić information content (AvgIpc) is 2.51. The third-order valence-electron chi connectivity index (χ3n) is 3.62. The van der Waals surface area contributed by atoms with Gasteiger partial charge in [-0.3, -0.25) is 0 Å². The van der Waals surface area contributed by atoms with Crippen molar-refractivity contribution >= 4 is 12.4 Å². The van der Waals surface area contributed by atoms with E-state index in [1.54, 1.807) is 24.3 Å². The first-order valence-corrected chi connectivity index (χ1v) is 7.16. The lowest BCUT2D eigenvalue weighted by atomic mass is 9.98. The highest BCUT2D eigenvalue weighted by Gasteiger charge is 2.30. The maximum Gasteiger partial charge on any atom is 0.416 e. The van der Waals surface area contributed by atoms with Crippen molar-refractivity contribution in [2.45, 2.75) is 31.2 Å². The third-order valence-corrected chi connectivity index (χ3v) is 3.62. The van der Waals surface area contributed by atoms with Gasteiger partial charge in [0.25, 0.3) is 0 Å². The normalized spacial score (nSPS) is 13.2. The topological polar surface area (TPSA) is 26.0 Å². The summed E-state index contributed by atoms with van der Waals surface area (Å²) in [5, 5.41) is 0. The van der Waals surface area contributed by atoms with Crippen molar-refractivity contribution in [3.8, 4) is 11.1 Å². The zero-order valence-corrected chi connectivity index (χ0v) is 13.7. The number of alkyl halides is 6. The molecule has 138 valence electrons. The lowest BCUT2D eigenvalue weighted by Gasteiger charge is -2.14. The van der Waals surface area contributed by atoms with Crippen LogP contribution < -0.4 is 5.73 Å². The van der Waals surface area contributed by atoms with Gasteiger partial charge < -0.3 is 5.73 Å². The Kier molecular flexibility index (Phi) is 6.90. The Bertz CT molecular complexity index is 662. The second kappa shape index (κ2) is 8.10. The Labute approximate surface area is 147 Å². The van der Waals surface area contributed by atoms with Gasteiger partial charge in [-0.05, 0) is 35.2 Å². The van der Waals surface area contributed by atoms with E-state index >= 15 is 0 Å². The van der Waals surface area contributed by atoms with Gasteiger partial charge in [-0.2, -0.15) is 26.3 Å². The summed E-state index contributed by atoms with van der Waals surface area (Å²) in [4.78, 5) is 0. The van der Waals surface area contributed by atoms with Crippen molar-refractivity contribution in [1.82, 2.24) is 0 Å². The maximum atomic E-state index is 12.5. The fraction of sp³-hybridized carbons (Fsp3) is 0.294. The molecule has 0 spiro atoms. The molecular weight excluding hydrogens is 368 g/mol. The summed E-state index contributed by atoms with van der Waals surface area (Å²) < 4.78 is 74.2. The summed E-state index contributed by atoms with van der Waals surface area (Å²) in [5.74, 6) is 0. The summed E-state index contributed by atoms with van der Waals surface area (Å²) in [7, 11) is 0. The Morgan fingerprint density at radius 3 is 1.60 bits per heavy atom. The first-order chi connectivity index (χ1) is 11.1. The highest BCUT2D eigenvalue weighted by molar-refractivity contribution is 5.85. The standard InChI is InChI=1S/C17H15F6N.ClH/c18-16(19,20)10-9-15(24)13-3-1-11(2-4-13)12-5-7-14(8-6-12)17(21,22)23;/h1-8,15H,9-10,24H2;1H/t15-;/m1./s1. The molecule has 0 fully saturated rings. The summed E-state index contributed by atoms with van der Waals surface area (Å²) >= 11 is 0. The largest absolute Gasteiger partial charge is 0.416 e. The SMILES string of the molecule is Cl.N[C@H](CCC(F)(F)F)c1ccc(-c2ccc(C(F)(F)F)cc2)cc1. The van der Waals surface area contributed by atoms with Crippen molar-refractivity contribution in [2.75, 3.05) is 0 Å². The third kappa shape index (κ3) is 6.25. The number of hydrogen-bond acceptors (Lipinski definition) is 1. The molecule has 1 nitrogen and oxygen atoms in total. The predicted molar refractivity (Wildman–Crippen MR) is 86.3 cm³/mol. The van der Waals surface area contributed by atoms with Crippen LogP contribution in [0.25, 0.3) is 11.1 Å². The van der Waals surface area contributed by atoms with Gasteiger partial charge in [-0.1, -0.05) is 36.4 Å². The first kappa shape index (κ1) is 21.3. The molecule has 0 aliphatic carbocycles. The predicted octanol–water partition coefficient (Wildman–Crippen LogP) is 6.14. The van der Waals surface area contributed by atoms with E-state index in [1.807, 2.05) is 0 Å². The number of halogens is 7. The van der Waals surface area contributed by atoms with Gasteiger partial charge >= 0.3 is 12.4 Å². The molecule has 2 rings (SSSR count). The maximum absolute atomic E-state index is 12.5. The highest BCUT2D eigenvalue weighted by Crippen LogP contribution is 2.31. The molecule has 0 aliphatic rings. The molecule has 0 bridgehead atoms. The molecule has 8 heteroatoms. The van der Waals surface area contributed by atoms with Crippen LogP contribution in [0.5, 0.6) is 0 Å². The van der Waals surface area contributed by atoms with Gasteiger partial charge in [0.15, 0.2) is 0 Å². The molecule has 2 aromatic rings. The summed E-state index contributed by atoms with van der Waals surface area (Å²) in [6, 6.07) is 10.4. The lowest BCUT2D eigenvalue weighted by molar-refractivity contribution is -0.138. The fourth-order valence-electron chi connectivity index (χ4n) is 2.26. The van der Waals surface area contributed by atoms with E-state index in [4.69, 9.17) is 5.73 Å². The molecule has 0 aromatic heterocycles. The number of hydrogen-bond donors (Lipinski definition) is 1. The molecule has 0 radical (unpaired) electrons. The van der Waals surface area contributed by atoms with Crippen LogP contribution in [0.2, 0.25) is 0 Å². The van der Waals surface area contributed by atoms with Crippen molar-refractivity contribution in [3.63, 3.8) is 0 Å². The molecule has 0 heterocycles. The quantitative estimate of drug-likeness (QED) is 0.631. The summed E-state index contributed by atoms with van der Waals surface area (Å²) in [6.45, 7) is 0. The Hall–Kier alpha value is -1.73. The van der Waals surface area contributed by atoms with E-state index < -0.39 is 30.4 Å².